The van der Waals surface area contributed by atoms with Crippen molar-refractivity contribution < 1.29 is 4.79 Å². The Morgan fingerprint density at radius 1 is 1.37 bits per heavy atom. The number of carbonyl (C=O) groups excluding carboxylic acids is 1. The Hall–Kier alpha value is -1.10. The van der Waals surface area contributed by atoms with Gasteiger partial charge in [0.15, 0.2) is 0 Å². The first kappa shape index (κ1) is 14.3. The first-order valence-electron chi connectivity index (χ1n) is 5.59. The van der Waals surface area contributed by atoms with E-state index < -0.39 is 0 Å². The topological polar surface area (TPSA) is 33.2 Å². The molecular formula is C13H12Cl2N2OS. The fraction of sp³-hybridized carbons (Fsp3) is 0.231. The Labute approximate surface area is 125 Å². The Kier molecular flexibility index (Phi) is 4.45. The predicted octanol–water partition coefficient (Wildman–Crippen LogP) is 4.03. The van der Waals surface area contributed by atoms with E-state index in [1.54, 1.807) is 35.4 Å². The van der Waals surface area contributed by atoms with Crippen LogP contribution in [0.4, 0.5) is 0 Å². The molecule has 0 saturated heterocycles. The zero-order valence-corrected chi connectivity index (χ0v) is 12.8. The highest BCUT2D eigenvalue weighted by Crippen LogP contribution is 2.21. The third-order valence-corrected chi connectivity index (χ3v) is 4.23. The summed E-state index contributed by atoms with van der Waals surface area (Å²) in [6.45, 7) is 2.56. The summed E-state index contributed by atoms with van der Waals surface area (Å²) >= 11 is 13.4. The number of thiophene rings is 1. The number of carbonyl (C=O) groups is 1. The minimum absolute atomic E-state index is 0.186. The number of halogens is 2. The Morgan fingerprint density at radius 2 is 2.11 bits per heavy atom. The monoisotopic (exact) mass is 314 g/mol. The van der Waals surface area contributed by atoms with Crippen molar-refractivity contribution in [1.82, 2.24) is 9.88 Å². The van der Waals surface area contributed by atoms with Gasteiger partial charge in [0.1, 0.15) is 10.8 Å². The summed E-state index contributed by atoms with van der Waals surface area (Å²) in [6, 6.07) is 5.17. The zero-order valence-electron chi connectivity index (χ0n) is 10.5. The third-order valence-electron chi connectivity index (χ3n) is 2.71. The summed E-state index contributed by atoms with van der Waals surface area (Å²) in [4.78, 5) is 19.0. The van der Waals surface area contributed by atoms with Crippen LogP contribution < -0.4 is 0 Å². The molecule has 0 atom stereocenters. The van der Waals surface area contributed by atoms with Gasteiger partial charge in [-0.15, -0.1) is 11.3 Å². The van der Waals surface area contributed by atoms with Gasteiger partial charge >= 0.3 is 0 Å². The van der Waals surface area contributed by atoms with E-state index in [1.807, 2.05) is 18.4 Å². The number of aryl methyl sites for hydroxylation is 1. The summed E-state index contributed by atoms with van der Waals surface area (Å²) < 4.78 is 0. The molecule has 0 spiro atoms. The molecule has 0 fully saturated rings. The number of rotatable bonds is 3. The van der Waals surface area contributed by atoms with Crippen LogP contribution in [0, 0.1) is 6.92 Å². The lowest BCUT2D eigenvalue weighted by Crippen LogP contribution is -2.27. The van der Waals surface area contributed by atoms with Gasteiger partial charge in [-0.2, -0.15) is 0 Å². The Morgan fingerprint density at radius 3 is 2.74 bits per heavy atom. The fourth-order valence-corrected chi connectivity index (χ4v) is 2.89. The summed E-state index contributed by atoms with van der Waals surface area (Å²) in [5.74, 6) is -0.236. The van der Waals surface area contributed by atoms with Crippen LogP contribution >= 0.6 is 34.5 Å². The van der Waals surface area contributed by atoms with E-state index in [4.69, 9.17) is 23.2 Å². The van der Waals surface area contributed by atoms with Crippen LogP contribution in [0.1, 0.15) is 20.9 Å². The van der Waals surface area contributed by atoms with Crippen molar-refractivity contribution in [1.29, 1.82) is 0 Å². The van der Waals surface area contributed by atoms with Gasteiger partial charge in [-0.25, -0.2) is 4.98 Å². The maximum Gasteiger partial charge on any atom is 0.274 e. The number of aromatic nitrogens is 1. The average Bonchev–Trinajstić information content (AvgIpc) is 2.77. The van der Waals surface area contributed by atoms with Crippen molar-refractivity contribution in [3.63, 3.8) is 0 Å². The van der Waals surface area contributed by atoms with Gasteiger partial charge in [-0.3, -0.25) is 4.79 Å². The predicted molar refractivity (Wildman–Crippen MR) is 79.1 cm³/mol. The molecule has 0 aliphatic heterocycles. The molecule has 0 unspecified atom stereocenters. The smallest absolute Gasteiger partial charge is 0.274 e. The van der Waals surface area contributed by atoms with Crippen LogP contribution in [0.2, 0.25) is 10.2 Å². The normalized spacial score (nSPS) is 10.5. The largest absolute Gasteiger partial charge is 0.335 e. The van der Waals surface area contributed by atoms with E-state index in [1.165, 1.54) is 5.56 Å². The molecule has 2 aromatic rings. The zero-order chi connectivity index (χ0) is 14.0. The molecule has 0 saturated carbocycles. The van der Waals surface area contributed by atoms with Crippen molar-refractivity contribution >= 4 is 40.4 Å². The summed E-state index contributed by atoms with van der Waals surface area (Å²) in [7, 11) is 1.72. The van der Waals surface area contributed by atoms with Crippen LogP contribution in [0.15, 0.2) is 23.6 Å². The molecule has 2 rings (SSSR count). The van der Waals surface area contributed by atoms with Crippen molar-refractivity contribution in [2.75, 3.05) is 7.05 Å². The highest BCUT2D eigenvalue weighted by atomic mass is 35.5. The second-order valence-corrected chi connectivity index (χ2v) is 5.95. The highest BCUT2D eigenvalue weighted by molar-refractivity contribution is 7.10. The Balaban J connectivity index is 2.19. The van der Waals surface area contributed by atoms with Gasteiger partial charge in [-0.05, 0) is 36.1 Å². The lowest BCUT2D eigenvalue weighted by molar-refractivity contribution is 0.0780. The summed E-state index contributed by atoms with van der Waals surface area (Å²) in [5, 5.41) is 2.57. The van der Waals surface area contributed by atoms with E-state index in [2.05, 4.69) is 4.98 Å². The molecule has 100 valence electrons. The van der Waals surface area contributed by atoms with E-state index in [0.29, 0.717) is 11.6 Å². The SMILES string of the molecule is Cc1ccsc1CN(C)C(=O)c1nc(Cl)ccc1Cl. The molecule has 2 aromatic heterocycles. The van der Waals surface area contributed by atoms with Gasteiger partial charge in [0.05, 0.1) is 11.6 Å². The minimum atomic E-state index is -0.236. The maximum atomic E-state index is 12.3. The molecular weight excluding hydrogens is 303 g/mol. The van der Waals surface area contributed by atoms with Crippen molar-refractivity contribution in [2.24, 2.45) is 0 Å². The van der Waals surface area contributed by atoms with Crippen molar-refractivity contribution in [3.05, 3.63) is 49.9 Å². The third kappa shape index (κ3) is 3.26. The first-order valence-corrected chi connectivity index (χ1v) is 7.23. The molecule has 19 heavy (non-hydrogen) atoms. The van der Waals surface area contributed by atoms with Crippen molar-refractivity contribution in [3.8, 4) is 0 Å². The van der Waals surface area contributed by atoms with Crippen LogP contribution in [-0.4, -0.2) is 22.8 Å². The van der Waals surface area contributed by atoms with Crippen LogP contribution in [-0.2, 0) is 6.54 Å². The van der Waals surface area contributed by atoms with E-state index >= 15 is 0 Å². The quantitative estimate of drug-likeness (QED) is 0.801. The molecule has 1 amide bonds. The molecule has 3 nitrogen and oxygen atoms in total. The molecule has 6 heteroatoms. The second kappa shape index (κ2) is 5.90. The fourth-order valence-electron chi connectivity index (χ4n) is 1.60. The lowest BCUT2D eigenvalue weighted by atomic mass is 10.2. The van der Waals surface area contributed by atoms with Gasteiger partial charge in [0.25, 0.3) is 5.91 Å². The first-order chi connectivity index (χ1) is 8.99. The lowest BCUT2D eigenvalue weighted by Gasteiger charge is -2.17. The van der Waals surface area contributed by atoms with Gasteiger partial charge in [0, 0.05) is 11.9 Å². The van der Waals surface area contributed by atoms with Crippen LogP contribution in [0.5, 0.6) is 0 Å². The number of amides is 1. The maximum absolute atomic E-state index is 12.3. The summed E-state index contributed by atoms with van der Waals surface area (Å²) in [5.41, 5.74) is 1.36. The average molecular weight is 315 g/mol. The number of nitrogens with zero attached hydrogens (tertiary/aromatic N) is 2. The van der Waals surface area contributed by atoms with Gasteiger partial charge in [-0.1, -0.05) is 23.2 Å². The number of hydrogen-bond donors (Lipinski definition) is 0. The molecule has 0 bridgehead atoms. The second-order valence-electron chi connectivity index (χ2n) is 4.15. The molecule has 0 radical (unpaired) electrons. The number of pyridine rings is 1. The summed E-state index contributed by atoms with van der Waals surface area (Å²) in [6.07, 6.45) is 0. The molecule has 0 aliphatic rings. The standard InChI is InChI=1S/C13H12Cl2N2OS/c1-8-5-6-19-10(8)7-17(2)13(18)12-9(14)3-4-11(15)16-12/h3-6H,7H2,1-2H3. The highest BCUT2D eigenvalue weighted by Gasteiger charge is 2.18. The van der Waals surface area contributed by atoms with E-state index in [9.17, 15) is 4.79 Å². The molecule has 2 heterocycles. The van der Waals surface area contributed by atoms with E-state index in [0.717, 1.165) is 4.88 Å². The molecule has 0 N–H and O–H groups in total. The minimum Gasteiger partial charge on any atom is -0.335 e. The van der Waals surface area contributed by atoms with Crippen LogP contribution in [0.25, 0.3) is 0 Å². The van der Waals surface area contributed by atoms with Gasteiger partial charge < -0.3 is 4.90 Å². The van der Waals surface area contributed by atoms with E-state index in [-0.39, 0.29) is 16.8 Å². The van der Waals surface area contributed by atoms with Crippen molar-refractivity contribution in [2.45, 2.75) is 13.5 Å². The van der Waals surface area contributed by atoms with Crippen LogP contribution in [0.3, 0.4) is 0 Å². The molecule has 0 aliphatic carbocycles. The molecule has 0 aromatic carbocycles. The Bertz CT molecular complexity index is 612. The number of hydrogen-bond acceptors (Lipinski definition) is 3. The van der Waals surface area contributed by atoms with Gasteiger partial charge in [0.2, 0.25) is 0 Å².